The third-order valence-corrected chi connectivity index (χ3v) is 5.35. The quantitative estimate of drug-likeness (QED) is 0.777. The first-order chi connectivity index (χ1) is 12.2. The van der Waals surface area contributed by atoms with Crippen LogP contribution in [0.3, 0.4) is 0 Å². The van der Waals surface area contributed by atoms with E-state index >= 15 is 0 Å². The number of imidazole rings is 2. The van der Waals surface area contributed by atoms with Crippen LogP contribution in [-0.2, 0) is 0 Å². The van der Waals surface area contributed by atoms with E-state index in [-0.39, 0.29) is 11.9 Å². The summed E-state index contributed by atoms with van der Waals surface area (Å²) in [5.74, 6) is 1.74. The lowest BCUT2D eigenvalue weighted by Crippen LogP contribution is -2.36. The lowest BCUT2D eigenvalue weighted by Gasteiger charge is -2.34. The van der Waals surface area contributed by atoms with E-state index in [1.54, 1.807) is 6.33 Å². The fourth-order valence-electron chi connectivity index (χ4n) is 4.07. The molecule has 1 unspecified atom stereocenters. The van der Waals surface area contributed by atoms with E-state index in [0.717, 1.165) is 37.4 Å². The lowest BCUT2D eigenvalue weighted by molar-refractivity contribution is 0.247. The number of halogens is 1. The zero-order chi connectivity index (χ0) is 17.0. The van der Waals surface area contributed by atoms with Gasteiger partial charge in [-0.15, -0.1) is 0 Å². The molecule has 2 aliphatic heterocycles. The van der Waals surface area contributed by atoms with Gasteiger partial charge in [0.15, 0.2) is 0 Å². The van der Waals surface area contributed by atoms with Crippen LogP contribution in [0.2, 0.25) is 0 Å². The molecule has 7 heteroatoms. The highest BCUT2D eigenvalue weighted by molar-refractivity contribution is 5.86. The SMILES string of the molecule is CC1COc2cc(F)cc3nc(N4CCC(c5cnc[nH]5)CC4)n1c23. The molecule has 1 saturated heterocycles. The highest BCUT2D eigenvalue weighted by atomic mass is 19.1. The van der Waals surface area contributed by atoms with Gasteiger partial charge in [-0.2, -0.15) is 0 Å². The van der Waals surface area contributed by atoms with Crippen LogP contribution in [0.15, 0.2) is 24.7 Å². The molecule has 0 saturated carbocycles. The van der Waals surface area contributed by atoms with Gasteiger partial charge in [0, 0.05) is 43.0 Å². The largest absolute Gasteiger partial charge is 0.489 e. The molecule has 2 aromatic heterocycles. The van der Waals surface area contributed by atoms with Gasteiger partial charge in [0.2, 0.25) is 5.95 Å². The van der Waals surface area contributed by atoms with Crippen molar-refractivity contribution in [2.24, 2.45) is 0 Å². The van der Waals surface area contributed by atoms with Crippen molar-refractivity contribution in [2.75, 3.05) is 24.6 Å². The molecule has 1 N–H and O–H groups in total. The minimum absolute atomic E-state index is 0.184. The molecule has 1 atom stereocenters. The summed E-state index contributed by atoms with van der Waals surface area (Å²) in [6.07, 6.45) is 5.77. The van der Waals surface area contributed by atoms with Gasteiger partial charge in [-0.1, -0.05) is 0 Å². The maximum atomic E-state index is 13.8. The second kappa shape index (κ2) is 5.47. The Labute approximate surface area is 144 Å². The summed E-state index contributed by atoms with van der Waals surface area (Å²) in [5, 5.41) is 0. The molecule has 0 bridgehead atoms. The normalized spacial score (nSPS) is 20.9. The van der Waals surface area contributed by atoms with Gasteiger partial charge >= 0.3 is 0 Å². The van der Waals surface area contributed by atoms with Gasteiger partial charge in [-0.3, -0.25) is 0 Å². The Bertz CT molecular complexity index is 911. The molecule has 0 radical (unpaired) electrons. The number of hydrogen-bond donors (Lipinski definition) is 1. The number of aromatic amines is 1. The number of ether oxygens (including phenoxy) is 1. The molecule has 3 aromatic rings. The van der Waals surface area contributed by atoms with Crippen LogP contribution >= 0.6 is 0 Å². The molecular weight excluding hydrogens is 321 g/mol. The van der Waals surface area contributed by atoms with Crippen molar-refractivity contribution in [1.29, 1.82) is 0 Å². The number of hydrogen-bond acceptors (Lipinski definition) is 4. The second-order valence-electron chi connectivity index (χ2n) is 6.98. The van der Waals surface area contributed by atoms with Crippen LogP contribution in [0.1, 0.15) is 37.4 Å². The van der Waals surface area contributed by atoms with Crippen LogP contribution in [0, 0.1) is 5.82 Å². The second-order valence-corrected chi connectivity index (χ2v) is 6.98. The van der Waals surface area contributed by atoms with Crippen LogP contribution < -0.4 is 9.64 Å². The van der Waals surface area contributed by atoms with Gasteiger partial charge < -0.3 is 19.2 Å². The molecule has 2 aliphatic rings. The Morgan fingerprint density at radius 1 is 1.28 bits per heavy atom. The number of nitrogens with one attached hydrogen (secondary N) is 1. The van der Waals surface area contributed by atoms with Gasteiger partial charge in [0.05, 0.1) is 17.9 Å². The van der Waals surface area contributed by atoms with Crippen molar-refractivity contribution in [3.63, 3.8) is 0 Å². The Morgan fingerprint density at radius 2 is 2.12 bits per heavy atom. The summed E-state index contributed by atoms with van der Waals surface area (Å²) in [4.78, 5) is 14.4. The van der Waals surface area contributed by atoms with Crippen molar-refractivity contribution in [1.82, 2.24) is 19.5 Å². The molecule has 6 nitrogen and oxygen atoms in total. The highest BCUT2D eigenvalue weighted by Gasteiger charge is 2.30. The fraction of sp³-hybridized carbons (Fsp3) is 0.444. The zero-order valence-corrected chi connectivity index (χ0v) is 14.1. The van der Waals surface area contributed by atoms with E-state index in [4.69, 9.17) is 9.72 Å². The number of H-pyrrole nitrogens is 1. The smallest absolute Gasteiger partial charge is 0.207 e. The van der Waals surface area contributed by atoms with E-state index in [0.29, 0.717) is 23.8 Å². The van der Waals surface area contributed by atoms with E-state index in [1.165, 1.54) is 17.8 Å². The van der Waals surface area contributed by atoms with E-state index in [9.17, 15) is 4.39 Å². The van der Waals surface area contributed by atoms with Crippen molar-refractivity contribution in [3.8, 4) is 5.75 Å². The molecule has 1 aromatic carbocycles. The third kappa shape index (κ3) is 2.29. The minimum Gasteiger partial charge on any atom is -0.489 e. The fourth-order valence-corrected chi connectivity index (χ4v) is 4.07. The summed E-state index contributed by atoms with van der Waals surface area (Å²) in [6.45, 7) is 4.52. The Balaban J connectivity index is 1.50. The Hall–Kier alpha value is -2.57. The molecular formula is C18H20FN5O. The predicted molar refractivity (Wildman–Crippen MR) is 92.7 cm³/mol. The number of piperidine rings is 1. The Kier molecular flexibility index (Phi) is 3.23. The standard InChI is InChI=1S/C18H20FN5O/c1-11-9-25-16-7-13(19)6-14-17(16)24(11)18(22-14)23-4-2-12(3-5-23)15-8-20-10-21-15/h6-8,10-12H,2-5,9H2,1H3,(H,20,21). The molecule has 0 aliphatic carbocycles. The number of anilines is 1. The summed E-state index contributed by atoms with van der Waals surface area (Å²) in [7, 11) is 0. The minimum atomic E-state index is -0.300. The number of benzene rings is 1. The van der Waals surface area contributed by atoms with Crippen LogP contribution in [0.5, 0.6) is 5.75 Å². The van der Waals surface area contributed by atoms with E-state index in [2.05, 4.69) is 26.4 Å². The van der Waals surface area contributed by atoms with E-state index in [1.807, 2.05) is 6.20 Å². The molecule has 4 heterocycles. The maximum absolute atomic E-state index is 13.8. The number of rotatable bonds is 2. The first kappa shape index (κ1) is 14.7. The highest BCUT2D eigenvalue weighted by Crippen LogP contribution is 2.39. The van der Waals surface area contributed by atoms with E-state index < -0.39 is 0 Å². The molecule has 130 valence electrons. The first-order valence-electron chi connectivity index (χ1n) is 8.78. The van der Waals surface area contributed by atoms with Gasteiger partial charge in [0.25, 0.3) is 0 Å². The molecule has 0 spiro atoms. The molecule has 0 amide bonds. The topological polar surface area (TPSA) is 59.0 Å². The number of nitrogens with zero attached hydrogens (tertiary/aromatic N) is 4. The summed E-state index contributed by atoms with van der Waals surface area (Å²) < 4.78 is 21.8. The Morgan fingerprint density at radius 3 is 2.88 bits per heavy atom. The average Bonchev–Trinajstić information content (AvgIpc) is 3.27. The average molecular weight is 341 g/mol. The molecule has 25 heavy (non-hydrogen) atoms. The van der Waals surface area contributed by atoms with Crippen molar-refractivity contribution < 1.29 is 9.13 Å². The first-order valence-corrected chi connectivity index (χ1v) is 8.78. The summed E-state index contributed by atoms with van der Waals surface area (Å²) >= 11 is 0. The van der Waals surface area contributed by atoms with Crippen molar-refractivity contribution in [3.05, 3.63) is 36.2 Å². The van der Waals surface area contributed by atoms with Gasteiger partial charge in [0.1, 0.15) is 23.7 Å². The summed E-state index contributed by atoms with van der Waals surface area (Å²) in [5.41, 5.74) is 2.79. The van der Waals surface area contributed by atoms with Gasteiger partial charge in [-0.05, 0) is 19.8 Å². The van der Waals surface area contributed by atoms with Gasteiger partial charge in [-0.25, -0.2) is 14.4 Å². The maximum Gasteiger partial charge on any atom is 0.207 e. The number of aromatic nitrogens is 4. The van der Waals surface area contributed by atoms with Crippen LogP contribution in [-0.4, -0.2) is 39.2 Å². The predicted octanol–water partition coefficient (Wildman–Crippen LogP) is 3.24. The van der Waals surface area contributed by atoms with Crippen LogP contribution in [0.4, 0.5) is 10.3 Å². The molecule has 1 fully saturated rings. The van der Waals surface area contributed by atoms with Crippen LogP contribution in [0.25, 0.3) is 11.0 Å². The molecule has 5 rings (SSSR count). The van der Waals surface area contributed by atoms with Crippen molar-refractivity contribution in [2.45, 2.75) is 31.7 Å². The lowest BCUT2D eigenvalue weighted by atomic mass is 9.94. The zero-order valence-electron chi connectivity index (χ0n) is 14.1. The monoisotopic (exact) mass is 341 g/mol. The summed E-state index contributed by atoms with van der Waals surface area (Å²) in [6, 6.07) is 3.14. The van der Waals surface area contributed by atoms with Crippen molar-refractivity contribution >= 4 is 17.0 Å². The third-order valence-electron chi connectivity index (χ3n) is 5.35.